The third kappa shape index (κ3) is 4.34. The van der Waals surface area contributed by atoms with Crippen LogP contribution in [0, 0.1) is 5.92 Å². The van der Waals surface area contributed by atoms with Gasteiger partial charge in [0, 0.05) is 12.2 Å². The van der Waals surface area contributed by atoms with Gasteiger partial charge in [-0.25, -0.2) is 10.4 Å². The fourth-order valence-corrected chi connectivity index (χ4v) is 4.18. The van der Waals surface area contributed by atoms with E-state index in [0.717, 1.165) is 17.8 Å². The van der Waals surface area contributed by atoms with E-state index in [1.54, 1.807) is 4.90 Å². The molecular weight excluding hydrogens is 386 g/mol. The van der Waals surface area contributed by atoms with Gasteiger partial charge in [0.05, 0.1) is 17.4 Å². The lowest BCUT2D eigenvalue weighted by Crippen LogP contribution is -2.49. The van der Waals surface area contributed by atoms with E-state index in [-0.39, 0.29) is 29.7 Å². The Labute approximate surface area is 173 Å². The topological polar surface area (TPSA) is 85.8 Å². The number of hydrazine groups is 1. The second kappa shape index (κ2) is 8.77. The molecule has 1 saturated heterocycles. The molecule has 2 aliphatic heterocycles. The number of carbonyl (C=O) groups excluding carboxylic acids is 2. The number of amides is 2. The number of hydrogen-bond donors (Lipinski definition) is 3. The Balaban J connectivity index is 1.47. The molecule has 0 aliphatic carbocycles. The van der Waals surface area contributed by atoms with Gasteiger partial charge < -0.3 is 5.32 Å². The molecule has 0 radical (unpaired) electrons. The van der Waals surface area contributed by atoms with Gasteiger partial charge in [-0.15, -0.1) is 0 Å². The molecule has 4 rings (SSSR count). The third-order valence-electron chi connectivity index (χ3n) is 4.92. The van der Waals surface area contributed by atoms with Crippen LogP contribution in [0.4, 0.5) is 11.4 Å². The SMILES string of the molecule is CCc1ccc(NC(=O)CSC2=NC3NNCC3C(=O)N2c2ccccc2)cc1. The molecule has 150 valence electrons. The molecule has 8 heteroatoms. The molecule has 2 aromatic carbocycles. The summed E-state index contributed by atoms with van der Waals surface area (Å²) in [6.45, 7) is 2.62. The van der Waals surface area contributed by atoms with E-state index in [1.807, 2.05) is 54.6 Å². The number of para-hydroxylation sites is 1. The molecular formula is C21H23N5O2S. The summed E-state index contributed by atoms with van der Waals surface area (Å²) < 4.78 is 0. The number of benzene rings is 2. The van der Waals surface area contributed by atoms with Gasteiger partial charge in [0.2, 0.25) is 11.8 Å². The number of aliphatic imine (C=N–C) groups is 1. The zero-order valence-corrected chi connectivity index (χ0v) is 16.9. The Hall–Kier alpha value is -2.68. The van der Waals surface area contributed by atoms with Crippen molar-refractivity contribution in [1.82, 2.24) is 10.9 Å². The maximum atomic E-state index is 13.1. The summed E-state index contributed by atoms with van der Waals surface area (Å²) in [7, 11) is 0. The first-order chi connectivity index (χ1) is 14.2. The van der Waals surface area contributed by atoms with Crippen molar-refractivity contribution >= 4 is 40.1 Å². The van der Waals surface area contributed by atoms with Gasteiger partial charge in [0.1, 0.15) is 6.17 Å². The fraction of sp³-hybridized carbons (Fsp3) is 0.286. The monoisotopic (exact) mass is 409 g/mol. The highest BCUT2D eigenvalue weighted by Crippen LogP contribution is 2.29. The molecule has 2 heterocycles. The van der Waals surface area contributed by atoms with Crippen molar-refractivity contribution in [2.45, 2.75) is 19.5 Å². The van der Waals surface area contributed by atoms with Crippen LogP contribution in [-0.4, -0.2) is 35.4 Å². The first-order valence-electron chi connectivity index (χ1n) is 9.62. The van der Waals surface area contributed by atoms with Crippen molar-refractivity contribution in [1.29, 1.82) is 0 Å². The maximum Gasteiger partial charge on any atom is 0.241 e. The van der Waals surface area contributed by atoms with Crippen molar-refractivity contribution in [3.63, 3.8) is 0 Å². The first kappa shape index (κ1) is 19.6. The summed E-state index contributed by atoms with van der Waals surface area (Å²) in [5, 5.41) is 3.42. The van der Waals surface area contributed by atoms with Gasteiger partial charge in [0.15, 0.2) is 5.17 Å². The summed E-state index contributed by atoms with van der Waals surface area (Å²) in [4.78, 5) is 31.8. The summed E-state index contributed by atoms with van der Waals surface area (Å²) in [5.41, 5.74) is 8.77. The van der Waals surface area contributed by atoms with E-state index in [1.165, 1.54) is 17.3 Å². The van der Waals surface area contributed by atoms with Crippen LogP contribution < -0.4 is 21.1 Å². The standard InChI is InChI=1S/C21H23N5O2S/c1-2-14-8-10-15(11-9-14)23-18(27)13-29-21-24-19-17(12-22-25-19)20(28)26(21)16-6-4-3-5-7-16/h3-11,17,19,22,25H,2,12-13H2,1H3,(H,23,27). The molecule has 29 heavy (non-hydrogen) atoms. The normalized spacial score (nSPS) is 20.9. The van der Waals surface area contributed by atoms with Gasteiger partial charge in [-0.1, -0.05) is 49.0 Å². The highest BCUT2D eigenvalue weighted by Gasteiger charge is 2.42. The van der Waals surface area contributed by atoms with Gasteiger partial charge in [0.25, 0.3) is 0 Å². The second-order valence-electron chi connectivity index (χ2n) is 6.88. The first-order valence-corrected chi connectivity index (χ1v) is 10.6. The smallest absolute Gasteiger partial charge is 0.241 e. The number of nitrogens with one attached hydrogen (secondary N) is 3. The van der Waals surface area contributed by atoms with Gasteiger partial charge >= 0.3 is 0 Å². The van der Waals surface area contributed by atoms with E-state index in [2.05, 4.69) is 28.1 Å². The van der Waals surface area contributed by atoms with E-state index < -0.39 is 0 Å². The molecule has 1 fully saturated rings. The van der Waals surface area contributed by atoms with E-state index >= 15 is 0 Å². The van der Waals surface area contributed by atoms with Crippen LogP contribution in [0.1, 0.15) is 12.5 Å². The third-order valence-corrected chi connectivity index (χ3v) is 5.88. The highest BCUT2D eigenvalue weighted by molar-refractivity contribution is 8.14. The van der Waals surface area contributed by atoms with Gasteiger partial charge in [-0.05, 0) is 36.2 Å². The summed E-state index contributed by atoms with van der Waals surface area (Å²) in [5.74, 6) is -0.255. The molecule has 0 aromatic heterocycles. The lowest BCUT2D eigenvalue weighted by molar-refractivity contribution is -0.121. The Bertz CT molecular complexity index is 916. The molecule has 7 nitrogen and oxygen atoms in total. The van der Waals surface area contributed by atoms with Crippen molar-refractivity contribution in [2.24, 2.45) is 10.9 Å². The van der Waals surface area contributed by atoms with Crippen molar-refractivity contribution < 1.29 is 9.59 Å². The number of hydrogen-bond acceptors (Lipinski definition) is 6. The lowest BCUT2D eigenvalue weighted by atomic mass is 10.1. The average Bonchev–Trinajstić information content (AvgIpc) is 3.22. The Morgan fingerprint density at radius 3 is 2.69 bits per heavy atom. The van der Waals surface area contributed by atoms with Crippen LogP contribution >= 0.6 is 11.8 Å². The molecule has 3 N–H and O–H groups in total. The van der Waals surface area contributed by atoms with E-state index in [0.29, 0.717) is 11.7 Å². The minimum Gasteiger partial charge on any atom is -0.325 e. The Morgan fingerprint density at radius 2 is 1.97 bits per heavy atom. The van der Waals surface area contributed by atoms with E-state index in [9.17, 15) is 9.59 Å². The molecule has 2 aliphatic rings. The molecule has 2 atom stereocenters. The van der Waals surface area contributed by atoms with Crippen LogP contribution in [0.25, 0.3) is 0 Å². The number of aryl methyl sites for hydroxylation is 1. The quantitative estimate of drug-likeness (QED) is 0.706. The highest BCUT2D eigenvalue weighted by atomic mass is 32.2. The minimum atomic E-state index is -0.311. The van der Waals surface area contributed by atoms with E-state index in [4.69, 9.17) is 0 Å². The molecule has 2 aromatic rings. The second-order valence-corrected chi connectivity index (χ2v) is 7.83. The van der Waals surface area contributed by atoms with Crippen molar-refractivity contribution in [3.05, 3.63) is 60.2 Å². The number of thioether (sulfide) groups is 1. The number of carbonyl (C=O) groups is 2. The summed E-state index contributed by atoms with van der Waals surface area (Å²) >= 11 is 1.26. The predicted octanol–water partition coefficient (Wildman–Crippen LogP) is 2.37. The van der Waals surface area contributed by atoms with Crippen LogP contribution in [0.3, 0.4) is 0 Å². The van der Waals surface area contributed by atoms with Gasteiger partial charge in [-0.3, -0.25) is 19.9 Å². The molecule has 0 saturated carbocycles. The number of anilines is 2. The summed E-state index contributed by atoms with van der Waals surface area (Å²) in [6.07, 6.45) is 0.646. The van der Waals surface area contributed by atoms with Crippen LogP contribution in [0.2, 0.25) is 0 Å². The fourth-order valence-electron chi connectivity index (χ4n) is 3.33. The van der Waals surface area contributed by atoms with Crippen LogP contribution in [-0.2, 0) is 16.0 Å². The molecule has 2 unspecified atom stereocenters. The number of fused-ring (bicyclic) bond motifs is 1. The van der Waals surface area contributed by atoms with Crippen LogP contribution in [0.15, 0.2) is 59.6 Å². The number of nitrogens with zero attached hydrogens (tertiary/aromatic N) is 2. The number of rotatable bonds is 5. The molecule has 0 spiro atoms. The molecule has 0 bridgehead atoms. The van der Waals surface area contributed by atoms with Crippen molar-refractivity contribution in [2.75, 3.05) is 22.5 Å². The number of amidine groups is 1. The molecule has 2 amide bonds. The Morgan fingerprint density at radius 1 is 1.21 bits per heavy atom. The largest absolute Gasteiger partial charge is 0.325 e. The maximum absolute atomic E-state index is 13.1. The zero-order valence-electron chi connectivity index (χ0n) is 16.1. The van der Waals surface area contributed by atoms with Crippen LogP contribution in [0.5, 0.6) is 0 Å². The predicted molar refractivity (Wildman–Crippen MR) is 117 cm³/mol. The zero-order chi connectivity index (χ0) is 20.2. The Kier molecular flexibility index (Phi) is 5.94. The lowest BCUT2D eigenvalue weighted by Gasteiger charge is -2.32. The average molecular weight is 410 g/mol. The minimum absolute atomic E-state index is 0.0215. The summed E-state index contributed by atoms with van der Waals surface area (Å²) in [6, 6.07) is 17.2. The van der Waals surface area contributed by atoms with Crippen molar-refractivity contribution in [3.8, 4) is 0 Å². The van der Waals surface area contributed by atoms with Gasteiger partial charge in [-0.2, -0.15) is 0 Å².